The number of rotatable bonds is 4. The molecular formula is C17H19NOS. The van der Waals surface area contributed by atoms with Crippen LogP contribution < -0.4 is 0 Å². The molecule has 2 aromatic rings. The Hall–Kier alpha value is -1.35. The molecule has 1 heterocycles. The molecule has 2 nitrogen and oxygen atoms in total. The Morgan fingerprint density at radius 3 is 2.90 bits per heavy atom. The molecule has 0 spiro atoms. The topological polar surface area (TPSA) is 30.0 Å². The standard InChI is InChI=1S/C17H19NOS/c19-17(12-20-14-6-2-1-3-7-14)16-8-4-5-13-11-18-10-9-15(13)16/h4-5,8-11,14H,1-3,6-7,12H2. The summed E-state index contributed by atoms with van der Waals surface area (Å²) < 4.78 is 0. The van der Waals surface area contributed by atoms with Crippen LogP contribution in [0.5, 0.6) is 0 Å². The second kappa shape index (κ2) is 6.40. The summed E-state index contributed by atoms with van der Waals surface area (Å²) in [6, 6.07) is 7.83. The lowest BCUT2D eigenvalue weighted by atomic mass is 10.0. The van der Waals surface area contributed by atoms with Gasteiger partial charge in [-0.2, -0.15) is 11.8 Å². The SMILES string of the molecule is O=C(CSC1CCCCC1)c1cccc2cnccc12. The maximum absolute atomic E-state index is 12.5. The van der Waals surface area contributed by atoms with Crippen LogP contribution in [0.15, 0.2) is 36.7 Å². The second-order valence-corrected chi connectivity index (χ2v) is 6.69. The number of benzene rings is 1. The van der Waals surface area contributed by atoms with Gasteiger partial charge in [-0.25, -0.2) is 0 Å². The van der Waals surface area contributed by atoms with Crippen LogP contribution in [0.3, 0.4) is 0 Å². The minimum atomic E-state index is 0.248. The monoisotopic (exact) mass is 285 g/mol. The van der Waals surface area contributed by atoms with Gasteiger partial charge < -0.3 is 0 Å². The zero-order valence-corrected chi connectivity index (χ0v) is 12.4. The van der Waals surface area contributed by atoms with E-state index in [1.54, 1.807) is 6.20 Å². The molecule has 0 unspecified atom stereocenters. The molecule has 1 aliphatic rings. The number of fused-ring (bicyclic) bond motifs is 1. The van der Waals surface area contributed by atoms with Gasteiger partial charge in [0.15, 0.2) is 5.78 Å². The molecule has 1 aromatic carbocycles. The largest absolute Gasteiger partial charge is 0.293 e. The van der Waals surface area contributed by atoms with Crippen molar-refractivity contribution in [2.45, 2.75) is 37.4 Å². The van der Waals surface area contributed by atoms with Crippen LogP contribution >= 0.6 is 11.8 Å². The van der Waals surface area contributed by atoms with Gasteiger partial charge in [0.25, 0.3) is 0 Å². The van der Waals surface area contributed by atoms with Crippen molar-refractivity contribution in [3.05, 3.63) is 42.2 Å². The summed E-state index contributed by atoms with van der Waals surface area (Å²) in [7, 11) is 0. The number of hydrogen-bond donors (Lipinski definition) is 0. The van der Waals surface area contributed by atoms with Crippen LogP contribution in [0.2, 0.25) is 0 Å². The highest BCUT2D eigenvalue weighted by atomic mass is 32.2. The normalized spacial score (nSPS) is 16.4. The van der Waals surface area contributed by atoms with E-state index in [-0.39, 0.29) is 5.78 Å². The molecule has 1 saturated carbocycles. The molecule has 20 heavy (non-hydrogen) atoms. The Balaban J connectivity index is 1.72. The highest BCUT2D eigenvalue weighted by molar-refractivity contribution is 8.00. The van der Waals surface area contributed by atoms with Crippen molar-refractivity contribution < 1.29 is 4.79 Å². The molecule has 0 bridgehead atoms. The van der Waals surface area contributed by atoms with Crippen molar-refractivity contribution in [1.82, 2.24) is 4.98 Å². The number of nitrogens with zero attached hydrogens (tertiary/aromatic N) is 1. The number of carbonyl (C=O) groups is 1. The summed E-state index contributed by atoms with van der Waals surface area (Å²) in [4.78, 5) is 16.6. The first kappa shape index (κ1) is 13.6. The lowest BCUT2D eigenvalue weighted by Gasteiger charge is -2.20. The van der Waals surface area contributed by atoms with Gasteiger partial charge in [-0.1, -0.05) is 37.5 Å². The number of aromatic nitrogens is 1. The molecule has 0 atom stereocenters. The predicted molar refractivity (Wildman–Crippen MR) is 85.4 cm³/mol. The lowest BCUT2D eigenvalue weighted by molar-refractivity contribution is 0.102. The summed E-state index contributed by atoms with van der Waals surface area (Å²) in [5, 5.41) is 2.75. The fourth-order valence-electron chi connectivity index (χ4n) is 2.87. The maximum atomic E-state index is 12.5. The van der Waals surface area contributed by atoms with Crippen LogP contribution in [-0.2, 0) is 0 Å². The van der Waals surface area contributed by atoms with E-state index in [2.05, 4.69) is 4.98 Å². The van der Waals surface area contributed by atoms with Gasteiger partial charge in [0, 0.05) is 28.6 Å². The predicted octanol–water partition coefficient (Wildman–Crippen LogP) is 4.48. The smallest absolute Gasteiger partial charge is 0.173 e. The molecule has 0 N–H and O–H groups in total. The molecule has 1 aromatic heterocycles. The first-order valence-electron chi connectivity index (χ1n) is 7.32. The number of ketones is 1. The van der Waals surface area contributed by atoms with E-state index >= 15 is 0 Å². The zero-order valence-electron chi connectivity index (χ0n) is 11.5. The van der Waals surface area contributed by atoms with Gasteiger partial charge >= 0.3 is 0 Å². The molecule has 3 rings (SSSR count). The van der Waals surface area contributed by atoms with Crippen molar-refractivity contribution in [3.63, 3.8) is 0 Å². The lowest BCUT2D eigenvalue weighted by Crippen LogP contribution is -2.12. The third kappa shape index (κ3) is 3.04. The quantitative estimate of drug-likeness (QED) is 0.776. The third-order valence-corrected chi connectivity index (χ3v) is 5.36. The van der Waals surface area contributed by atoms with E-state index in [4.69, 9.17) is 0 Å². The van der Waals surface area contributed by atoms with Crippen LogP contribution in [0.1, 0.15) is 42.5 Å². The van der Waals surface area contributed by atoms with E-state index in [9.17, 15) is 4.79 Å². The summed E-state index contributed by atoms with van der Waals surface area (Å²) in [6.07, 6.45) is 10.1. The van der Waals surface area contributed by atoms with Gasteiger partial charge in [0.05, 0.1) is 5.75 Å². The van der Waals surface area contributed by atoms with Crippen molar-refractivity contribution >= 4 is 28.3 Å². The summed E-state index contributed by atoms with van der Waals surface area (Å²) >= 11 is 1.84. The van der Waals surface area contributed by atoms with Gasteiger partial charge in [-0.05, 0) is 24.3 Å². The summed E-state index contributed by atoms with van der Waals surface area (Å²) in [5.74, 6) is 0.851. The van der Waals surface area contributed by atoms with Crippen LogP contribution in [0.25, 0.3) is 10.8 Å². The van der Waals surface area contributed by atoms with E-state index in [1.165, 1.54) is 32.1 Å². The molecule has 0 aliphatic heterocycles. The average molecular weight is 285 g/mol. The second-order valence-electron chi connectivity index (χ2n) is 5.40. The molecule has 0 amide bonds. The van der Waals surface area contributed by atoms with Crippen LogP contribution in [0, 0.1) is 0 Å². The van der Waals surface area contributed by atoms with Crippen molar-refractivity contribution in [2.24, 2.45) is 0 Å². The zero-order chi connectivity index (χ0) is 13.8. The molecule has 0 saturated heterocycles. The van der Waals surface area contributed by atoms with Crippen LogP contribution in [-0.4, -0.2) is 21.8 Å². The molecule has 3 heteroatoms. The Bertz CT molecular complexity index is 599. The highest BCUT2D eigenvalue weighted by Crippen LogP contribution is 2.29. The minimum absolute atomic E-state index is 0.248. The van der Waals surface area contributed by atoms with Gasteiger partial charge in [-0.15, -0.1) is 0 Å². The first-order valence-corrected chi connectivity index (χ1v) is 8.37. The number of carbonyl (C=O) groups excluding carboxylic acids is 1. The van der Waals surface area contributed by atoms with E-state index in [0.29, 0.717) is 11.0 Å². The van der Waals surface area contributed by atoms with Gasteiger partial charge in [0.1, 0.15) is 0 Å². The summed E-state index contributed by atoms with van der Waals surface area (Å²) in [6.45, 7) is 0. The molecule has 104 valence electrons. The number of thioether (sulfide) groups is 1. The van der Waals surface area contributed by atoms with Crippen molar-refractivity contribution in [2.75, 3.05) is 5.75 Å². The average Bonchev–Trinajstić information content (AvgIpc) is 2.53. The van der Waals surface area contributed by atoms with Crippen molar-refractivity contribution in [1.29, 1.82) is 0 Å². The van der Waals surface area contributed by atoms with Crippen LogP contribution in [0.4, 0.5) is 0 Å². The maximum Gasteiger partial charge on any atom is 0.173 e. The number of Topliss-reactive ketones (excluding diaryl/α,β-unsaturated/α-hetero) is 1. The Kier molecular flexibility index (Phi) is 4.36. The van der Waals surface area contributed by atoms with E-state index in [0.717, 1.165) is 16.3 Å². The molecule has 0 radical (unpaired) electrons. The van der Waals surface area contributed by atoms with Gasteiger partial charge in [0.2, 0.25) is 0 Å². The Labute approximate surface area is 124 Å². The Morgan fingerprint density at radius 1 is 1.20 bits per heavy atom. The summed E-state index contributed by atoms with van der Waals surface area (Å²) in [5.41, 5.74) is 0.841. The molecular weight excluding hydrogens is 266 g/mol. The van der Waals surface area contributed by atoms with Gasteiger partial charge in [-0.3, -0.25) is 9.78 Å². The molecule has 1 fully saturated rings. The third-order valence-electron chi connectivity index (χ3n) is 3.98. The number of pyridine rings is 1. The molecule has 1 aliphatic carbocycles. The highest BCUT2D eigenvalue weighted by Gasteiger charge is 2.16. The van der Waals surface area contributed by atoms with E-state index < -0.39 is 0 Å². The number of hydrogen-bond acceptors (Lipinski definition) is 3. The fraction of sp³-hybridized carbons (Fsp3) is 0.412. The first-order chi connectivity index (χ1) is 9.84. The van der Waals surface area contributed by atoms with E-state index in [1.807, 2.05) is 42.2 Å². The minimum Gasteiger partial charge on any atom is -0.293 e. The fourth-order valence-corrected chi connectivity index (χ4v) is 4.08. The Morgan fingerprint density at radius 2 is 2.05 bits per heavy atom. The van der Waals surface area contributed by atoms with Crippen molar-refractivity contribution in [3.8, 4) is 0 Å².